The standard InChI is InChI=1S/C20H22N2O5/c1-3-26-19(24)16-10-7-11-17(12-16)21-18(23)13-22(2)20(25)27-14-15-8-5-4-6-9-15/h4-12H,3,13-14H2,1-2H3,(H,21,23). The van der Waals surface area contributed by atoms with Crippen molar-refractivity contribution in [2.75, 3.05) is 25.5 Å². The predicted molar refractivity (Wildman–Crippen MR) is 100 cm³/mol. The first-order valence-corrected chi connectivity index (χ1v) is 8.48. The monoisotopic (exact) mass is 370 g/mol. The summed E-state index contributed by atoms with van der Waals surface area (Å²) < 4.78 is 10.1. The molecule has 0 aliphatic carbocycles. The number of carbonyl (C=O) groups is 3. The third-order valence-corrected chi connectivity index (χ3v) is 3.56. The van der Waals surface area contributed by atoms with Gasteiger partial charge < -0.3 is 19.7 Å². The summed E-state index contributed by atoms with van der Waals surface area (Å²) in [5.41, 5.74) is 1.64. The Kier molecular flexibility index (Phi) is 7.37. The van der Waals surface area contributed by atoms with Crippen LogP contribution in [0.4, 0.5) is 10.5 Å². The number of benzene rings is 2. The molecule has 0 aliphatic heterocycles. The minimum Gasteiger partial charge on any atom is -0.462 e. The van der Waals surface area contributed by atoms with E-state index in [0.717, 1.165) is 5.56 Å². The summed E-state index contributed by atoms with van der Waals surface area (Å²) in [6, 6.07) is 15.7. The number of hydrogen-bond donors (Lipinski definition) is 1. The average Bonchev–Trinajstić information content (AvgIpc) is 2.67. The third kappa shape index (κ3) is 6.47. The Morgan fingerprint density at radius 2 is 1.74 bits per heavy atom. The number of amides is 2. The highest BCUT2D eigenvalue weighted by Crippen LogP contribution is 2.12. The number of nitrogens with one attached hydrogen (secondary N) is 1. The molecular weight excluding hydrogens is 348 g/mol. The fourth-order valence-corrected chi connectivity index (χ4v) is 2.25. The Hall–Kier alpha value is -3.35. The van der Waals surface area contributed by atoms with Crippen LogP contribution in [0.5, 0.6) is 0 Å². The molecule has 1 N–H and O–H groups in total. The molecular formula is C20H22N2O5. The number of carbonyl (C=O) groups excluding carboxylic acids is 3. The normalized spacial score (nSPS) is 10.0. The second kappa shape index (κ2) is 9.96. The maximum atomic E-state index is 12.1. The summed E-state index contributed by atoms with van der Waals surface area (Å²) in [6.07, 6.45) is -0.603. The summed E-state index contributed by atoms with van der Waals surface area (Å²) >= 11 is 0. The summed E-state index contributed by atoms with van der Waals surface area (Å²) in [5, 5.41) is 2.64. The van der Waals surface area contributed by atoms with Crippen molar-refractivity contribution in [2.45, 2.75) is 13.5 Å². The van der Waals surface area contributed by atoms with Crippen molar-refractivity contribution in [3.05, 3.63) is 65.7 Å². The molecule has 0 fully saturated rings. The van der Waals surface area contributed by atoms with E-state index in [1.165, 1.54) is 18.0 Å². The van der Waals surface area contributed by atoms with Gasteiger partial charge >= 0.3 is 12.1 Å². The first kappa shape index (κ1) is 20.0. The molecule has 0 aliphatic rings. The third-order valence-electron chi connectivity index (χ3n) is 3.56. The maximum absolute atomic E-state index is 12.1. The lowest BCUT2D eigenvalue weighted by atomic mass is 10.2. The van der Waals surface area contributed by atoms with Gasteiger partial charge in [-0.15, -0.1) is 0 Å². The largest absolute Gasteiger partial charge is 0.462 e. The number of hydrogen-bond acceptors (Lipinski definition) is 5. The number of nitrogens with zero attached hydrogens (tertiary/aromatic N) is 1. The van der Waals surface area contributed by atoms with Crippen LogP contribution in [0.2, 0.25) is 0 Å². The van der Waals surface area contributed by atoms with Crippen LogP contribution in [0.25, 0.3) is 0 Å². The van der Waals surface area contributed by atoms with E-state index in [1.807, 2.05) is 30.3 Å². The molecule has 0 atom stereocenters. The first-order chi connectivity index (χ1) is 13.0. The predicted octanol–water partition coefficient (Wildman–Crippen LogP) is 3.07. The Balaban J connectivity index is 1.84. The molecule has 0 unspecified atom stereocenters. The molecule has 27 heavy (non-hydrogen) atoms. The van der Waals surface area contributed by atoms with E-state index in [2.05, 4.69) is 5.32 Å². The number of ether oxygens (including phenoxy) is 2. The fourth-order valence-electron chi connectivity index (χ4n) is 2.25. The average molecular weight is 370 g/mol. The highest BCUT2D eigenvalue weighted by molar-refractivity contribution is 5.96. The topological polar surface area (TPSA) is 84.9 Å². The minimum atomic E-state index is -0.603. The fraction of sp³-hybridized carbons (Fsp3) is 0.250. The summed E-state index contributed by atoms with van der Waals surface area (Å²) in [4.78, 5) is 37.0. The van der Waals surface area contributed by atoms with Gasteiger partial charge in [0.25, 0.3) is 0 Å². The quantitative estimate of drug-likeness (QED) is 0.757. The molecule has 2 aromatic rings. The molecule has 0 spiro atoms. The van der Waals surface area contributed by atoms with Gasteiger partial charge in [-0.05, 0) is 30.7 Å². The van der Waals surface area contributed by atoms with Crippen molar-refractivity contribution in [2.24, 2.45) is 0 Å². The van der Waals surface area contributed by atoms with Gasteiger partial charge in [0.15, 0.2) is 0 Å². The van der Waals surface area contributed by atoms with E-state index in [4.69, 9.17) is 9.47 Å². The molecule has 0 radical (unpaired) electrons. The van der Waals surface area contributed by atoms with Crippen LogP contribution in [0.3, 0.4) is 0 Å². The van der Waals surface area contributed by atoms with Crippen molar-refractivity contribution >= 4 is 23.7 Å². The lowest BCUT2D eigenvalue weighted by Crippen LogP contribution is -2.35. The van der Waals surface area contributed by atoms with Gasteiger partial charge in [-0.25, -0.2) is 9.59 Å². The second-order valence-electron chi connectivity index (χ2n) is 5.75. The number of esters is 1. The number of rotatable bonds is 7. The molecule has 142 valence electrons. The zero-order chi connectivity index (χ0) is 19.6. The van der Waals surface area contributed by atoms with Crippen LogP contribution < -0.4 is 5.32 Å². The van der Waals surface area contributed by atoms with Gasteiger partial charge in [-0.1, -0.05) is 36.4 Å². The number of anilines is 1. The smallest absolute Gasteiger partial charge is 0.410 e. The van der Waals surface area contributed by atoms with E-state index in [1.54, 1.807) is 25.1 Å². The van der Waals surface area contributed by atoms with Crippen molar-refractivity contribution < 1.29 is 23.9 Å². The Morgan fingerprint density at radius 3 is 2.44 bits per heavy atom. The molecule has 2 rings (SSSR count). The van der Waals surface area contributed by atoms with Crippen molar-refractivity contribution in [1.82, 2.24) is 4.90 Å². The molecule has 0 saturated carbocycles. The van der Waals surface area contributed by atoms with Gasteiger partial charge in [0, 0.05) is 12.7 Å². The molecule has 2 aromatic carbocycles. The zero-order valence-corrected chi connectivity index (χ0v) is 15.3. The van der Waals surface area contributed by atoms with E-state index in [9.17, 15) is 14.4 Å². The van der Waals surface area contributed by atoms with E-state index in [-0.39, 0.29) is 19.8 Å². The van der Waals surface area contributed by atoms with Crippen molar-refractivity contribution in [3.8, 4) is 0 Å². The van der Waals surface area contributed by atoms with Crippen molar-refractivity contribution in [1.29, 1.82) is 0 Å². The lowest BCUT2D eigenvalue weighted by molar-refractivity contribution is -0.116. The van der Waals surface area contributed by atoms with E-state index >= 15 is 0 Å². The Morgan fingerprint density at radius 1 is 1.00 bits per heavy atom. The SMILES string of the molecule is CCOC(=O)c1cccc(NC(=O)CN(C)C(=O)OCc2ccccc2)c1. The van der Waals surface area contributed by atoms with E-state index in [0.29, 0.717) is 11.3 Å². The van der Waals surface area contributed by atoms with Gasteiger partial charge in [0.2, 0.25) is 5.91 Å². The highest BCUT2D eigenvalue weighted by atomic mass is 16.6. The highest BCUT2D eigenvalue weighted by Gasteiger charge is 2.15. The Labute approximate surface area is 157 Å². The van der Waals surface area contributed by atoms with E-state index < -0.39 is 18.0 Å². The van der Waals surface area contributed by atoms with Crippen LogP contribution in [0, 0.1) is 0 Å². The zero-order valence-electron chi connectivity index (χ0n) is 15.3. The van der Waals surface area contributed by atoms with Gasteiger partial charge in [-0.2, -0.15) is 0 Å². The molecule has 0 saturated heterocycles. The summed E-state index contributed by atoms with van der Waals surface area (Å²) in [6.45, 7) is 1.94. The van der Waals surface area contributed by atoms with Gasteiger partial charge in [0.1, 0.15) is 13.2 Å². The summed E-state index contributed by atoms with van der Waals surface area (Å²) in [5.74, 6) is -0.870. The molecule has 0 heterocycles. The first-order valence-electron chi connectivity index (χ1n) is 8.48. The molecule has 2 amide bonds. The van der Waals surface area contributed by atoms with Gasteiger partial charge in [0.05, 0.1) is 12.2 Å². The Bertz CT molecular complexity index is 792. The molecule has 0 bridgehead atoms. The minimum absolute atomic E-state index is 0.132. The number of likely N-dealkylation sites (N-methyl/N-ethyl adjacent to an activating group) is 1. The molecule has 0 aromatic heterocycles. The summed E-state index contributed by atoms with van der Waals surface area (Å²) in [7, 11) is 1.47. The van der Waals surface area contributed by atoms with Crippen LogP contribution in [0.15, 0.2) is 54.6 Å². The maximum Gasteiger partial charge on any atom is 0.410 e. The van der Waals surface area contributed by atoms with Crippen LogP contribution in [0.1, 0.15) is 22.8 Å². The van der Waals surface area contributed by atoms with Crippen LogP contribution >= 0.6 is 0 Å². The lowest BCUT2D eigenvalue weighted by Gasteiger charge is -2.17. The van der Waals surface area contributed by atoms with Crippen molar-refractivity contribution in [3.63, 3.8) is 0 Å². The van der Waals surface area contributed by atoms with Crippen LogP contribution in [-0.4, -0.2) is 43.1 Å². The second-order valence-corrected chi connectivity index (χ2v) is 5.75. The van der Waals surface area contributed by atoms with Crippen LogP contribution in [-0.2, 0) is 20.9 Å². The van der Waals surface area contributed by atoms with Gasteiger partial charge in [-0.3, -0.25) is 4.79 Å². The molecule has 7 nitrogen and oxygen atoms in total. The molecule has 7 heteroatoms.